The van der Waals surface area contributed by atoms with Gasteiger partial charge in [0.25, 0.3) is 0 Å². The van der Waals surface area contributed by atoms with E-state index in [4.69, 9.17) is 0 Å². The first-order chi connectivity index (χ1) is 8.90. The number of alkyl halides is 6. The van der Waals surface area contributed by atoms with Gasteiger partial charge in [0.05, 0.1) is 6.10 Å². The fourth-order valence-corrected chi connectivity index (χ4v) is 0.814. The minimum atomic E-state index is -6.12. The summed E-state index contributed by atoms with van der Waals surface area (Å²) in [6, 6.07) is 0. The maximum Gasteiger partial charge on any atom is 0.466 e. The highest BCUT2D eigenvalue weighted by molar-refractivity contribution is 5.91. The SMILES string of the molecule is CC(C)OC(=O)C=CC(=O)OC(F)(C(F)F)C(F)(F)F. The first kappa shape index (κ1) is 18.3. The molecule has 1 unspecified atom stereocenters. The largest absolute Gasteiger partial charge is 0.466 e. The van der Waals surface area contributed by atoms with Crippen LogP contribution in [-0.2, 0) is 19.1 Å². The number of esters is 2. The van der Waals surface area contributed by atoms with Crippen LogP contribution in [0.4, 0.5) is 26.3 Å². The number of hydrogen-bond donors (Lipinski definition) is 0. The number of ether oxygens (including phenoxy) is 2. The predicted octanol–water partition coefficient (Wildman–Crippen LogP) is 2.53. The summed E-state index contributed by atoms with van der Waals surface area (Å²) in [6.07, 6.45) is -11.0. The third-order valence-electron chi connectivity index (χ3n) is 1.62. The number of rotatable bonds is 5. The molecule has 0 rings (SSSR count). The van der Waals surface area contributed by atoms with Gasteiger partial charge in [0.1, 0.15) is 0 Å². The van der Waals surface area contributed by atoms with E-state index in [9.17, 15) is 35.9 Å². The molecule has 20 heavy (non-hydrogen) atoms. The lowest BCUT2D eigenvalue weighted by Crippen LogP contribution is -2.50. The predicted molar refractivity (Wildman–Crippen MR) is 52.4 cm³/mol. The molecule has 0 aliphatic heterocycles. The highest BCUT2D eigenvalue weighted by atomic mass is 19.4. The smallest absolute Gasteiger partial charge is 0.460 e. The van der Waals surface area contributed by atoms with E-state index >= 15 is 0 Å². The Labute approximate surface area is 109 Å². The fourth-order valence-electron chi connectivity index (χ4n) is 0.814. The first-order valence-electron chi connectivity index (χ1n) is 5.05. The lowest BCUT2D eigenvalue weighted by molar-refractivity contribution is -0.354. The zero-order valence-electron chi connectivity index (χ0n) is 10.2. The van der Waals surface area contributed by atoms with Crippen LogP contribution in [0.2, 0.25) is 0 Å². The molecule has 0 fully saturated rings. The molecule has 1 atom stereocenters. The van der Waals surface area contributed by atoms with Crippen molar-refractivity contribution in [2.45, 2.75) is 38.4 Å². The normalized spacial score (nSPS) is 15.5. The van der Waals surface area contributed by atoms with Gasteiger partial charge in [-0.3, -0.25) is 0 Å². The lowest BCUT2D eigenvalue weighted by atomic mass is 10.3. The molecular weight excluding hydrogens is 298 g/mol. The highest BCUT2D eigenvalue weighted by Gasteiger charge is 2.66. The fraction of sp³-hybridized carbons (Fsp3) is 0.600. The Morgan fingerprint density at radius 1 is 1.00 bits per heavy atom. The summed E-state index contributed by atoms with van der Waals surface area (Å²) in [5.41, 5.74) is 0. The third-order valence-corrected chi connectivity index (χ3v) is 1.62. The van der Waals surface area contributed by atoms with Gasteiger partial charge in [0, 0.05) is 12.2 Å². The minimum absolute atomic E-state index is 0.0488. The summed E-state index contributed by atoms with van der Waals surface area (Å²) >= 11 is 0. The molecule has 0 N–H and O–H groups in total. The van der Waals surface area contributed by atoms with Gasteiger partial charge in [-0.25, -0.2) is 18.4 Å². The van der Waals surface area contributed by atoms with E-state index < -0.39 is 36.5 Å². The monoisotopic (exact) mass is 308 g/mol. The maximum absolute atomic E-state index is 12.9. The second-order valence-corrected chi connectivity index (χ2v) is 3.68. The minimum Gasteiger partial charge on any atom is -0.460 e. The van der Waals surface area contributed by atoms with Gasteiger partial charge < -0.3 is 9.47 Å². The van der Waals surface area contributed by atoms with Crippen molar-refractivity contribution in [3.8, 4) is 0 Å². The standard InChI is InChI=1S/C10H10F6O4/c1-5(2)19-6(17)3-4-7(18)20-9(13,8(11)12)10(14,15)16/h3-5,8H,1-2H3. The molecule has 0 aromatic heterocycles. The lowest BCUT2D eigenvalue weighted by Gasteiger charge is -2.25. The molecule has 0 saturated carbocycles. The number of carbonyl (C=O) groups is 2. The summed E-state index contributed by atoms with van der Waals surface area (Å²) in [7, 11) is 0. The molecule has 0 saturated heterocycles. The first-order valence-corrected chi connectivity index (χ1v) is 5.05. The number of hydrogen-bond acceptors (Lipinski definition) is 4. The molecule has 0 aromatic carbocycles. The van der Waals surface area contributed by atoms with Gasteiger partial charge in [-0.05, 0) is 13.8 Å². The number of carbonyl (C=O) groups excluding carboxylic acids is 2. The van der Waals surface area contributed by atoms with E-state index in [1.165, 1.54) is 13.8 Å². The van der Waals surface area contributed by atoms with Gasteiger partial charge in [0.2, 0.25) is 0 Å². The zero-order valence-corrected chi connectivity index (χ0v) is 10.2. The quantitative estimate of drug-likeness (QED) is 0.445. The molecular formula is C10H10F6O4. The summed E-state index contributed by atoms with van der Waals surface area (Å²) < 4.78 is 80.6. The van der Waals surface area contributed by atoms with Crippen LogP contribution in [0.1, 0.15) is 13.8 Å². The average molecular weight is 308 g/mol. The van der Waals surface area contributed by atoms with Crippen molar-refractivity contribution in [3.63, 3.8) is 0 Å². The van der Waals surface area contributed by atoms with Crippen molar-refractivity contribution in [2.24, 2.45) is 0 Å². The van der Waals surface area contributed by atoms with E-state index in [0.29, 0.717) is 6.08 Å². The van der Waals surface area contributed by atoms with Crippen LogP contribution in [-0.4, -0.2) is 36.5 Å². The van der Waals surface area contributed by atoms with E-state index in [-0.39, 0.29) is 6.08 Å². The van der Waals surface area contributed by atoms with Crippen molar-refractivity contribution < 1.29 is 45.4 Å². The van der Waals surface area contributed by atoms with Crippen LogP contribution in [0.25, 0.3) is 0 Å². The Morgan fingerprint density at radius 2 is 1.45 bits per heavy atom. The Bertz CT molecular complexity index is 390. The van der Waals surface area contributed by atoms with Crippen LogP contribution in [0, 0.1) is 0 Å². The van der Waals surface area contributed by atoms with Crippen LogP contribution < -0.4 is 0 Å². The third kappa shape index (κ3) is 5.10. The summed E-state index contributed by atoms with van der Waals surface area (Å²) in [5, 5.41) is 0. The topological polar surface area (TPSA) is 52.6 Å². The van der Waals surface area contributed by atoms with Crippen LogP contribution >= 0.6 is 0 Å². The molecule has 0 aliphatic rings. The van der Waals surface area contributed by atoms with Crippen LogP contribution in [0.3, 0.4) is 0 Å². The van der Waals surface area contributed by atoms with Crippen molar-refractivity contribution in [1.29, 1.82) is 0 Å². The van der Waals surface area contributed by atoms with Gasteiger partial charge in [-0.2, -0.15) is 17.6 Å². The van der Waals surface area contributed by atoms with Gasteiger partial charge in [-0.1, -0.05) is 0 Å². The van der Waals surface area contributed by atoms with Gasteiger partial charge in [-0.15, -0.1) is 0 Å². The van der Waals surface area contributed by atoms with Crippen molar-refractivity contribution in [1.82, 2.24) is 0 Å². The second kappa shape index (κ2) is 6.62. The molecule has 0 aliphatic carbocycles. The second-order valence-electron chi connectivity index (χ2n) is 3.68. The Hall–Kier alpha value is -1.74. The summed E-state index contributed by atoms with van der Waals surface area (Å²) in [4.78, 5) is 21.7. The Kier molecular flexibility index (Phi) is 6.04. The Morgan fingerprint density at radius 3 is 1.80 bits per heavy atom. The molecule has 0 bridgehead atoms. The van der Waals surface area contributed by atoms with E-state index in [0.717, 1.165) is 0 Å². The average Bonchev–Trinajstić information content (AvgIpc) is 2.23. The van der Waals surface area contributed by atoms with Gasteiger partial charge >= 0.3 is 30.4 Å². The maximum atomic E-state index is 12.9. The van der Waals surface area contributed by atoms with Crippen molar-refractivity contribution >= 4 is 11.9 Å². The van der Waals surface area contributed by atoms with Crippen LogP contribution in [0.15, 0.2) is 12.2 Å². The van der Waals surface area contributed by atoms with Crippen molar-refractivity contribution in [3.05, 3.63) is 12.2 Å². The Balaban J connectivity index is 4.81. The van der Waals surface area contributed by atoms with Crippen LogP contribution in [0.5, 0.6) is 0 Å². The number of halogens is 6. The van der Waals surface area contributed by atoms with E-state index in [1.54, 1.807) is 0 Å². The molecule has 10 heteroatoms. The molecule has 0 radical (unpaired) electrons. The molecule has 0 aromatic rings. The highest BCUT2D eigenvalue weighted by Crippen LogP contribution is 2.39. The molecule has 4 nitrogen and oxygen atoms in total. The molecule has 0 heterocycles. The van der Waals surface area contributed by atoms with Crippen molar-refractivity contribution in [2.75, 3.05) is 0 Å². The van der Waals surface area contributed by atoms with E-state index in [2.05, 4.69) is 9.47 Å². The zero-order chi connectivity index (χ0) is 16.1. The summed E-state index contributed by atoms with van der Waals surface area (Å²) in [5.74, 6) is -8.69. The summed E-state index contributed by atoms with van der Waals surface area (Å²) in [6.45, 7) is 2.88. The molecule has 0 amide bonds. The molecule has 0 spiro atoms. The molecule has 116 valence electrons. The van der Waals surface area contributed by atoms with E-state index in [1.807, 2.05) is 0 Å². The van der Waals surface area contributed by atoms with Gasteiger partial charge in [0.15, 0.2) is 0 Å².